The summed E-state index contributed by atoms with van der Waals surface area (Å²) in [6.07, 6.45) is -2.32. The Morgan fingerprint density at radius 1 is 1.40 bits per heavy atom. The number of carbonyl (C=O) groups is 1. The molecule has 0 saturated heterocycles. The van der Waals surface area contributed by atoms with Gasteiger partial charge in [-0.15, -0.1) is 0 Å². The van der Waals surface area contributed by atoms with Crippen molar-refractivity contribution < 1.29 is 23.8 Å². The average molecular weight is 216 g/mol. The Kier molecular flexibility index (Phi) is 3.04. The Hall–Kier alpha value is -1.49. The molecule has 82 valence electrons. The molecule has 0 spiro atoms. The van der Waals surface area contributed by atoms with Gasteiger partial charge in [-0.3, -0.25) is 0 Å². The number of aliphatic hydroxyl groups excluding tert-OH is 1. The van der Waals surface area contributed by atoms with E-state index in [1.807, 2.05) is 0 Å². The fraction of sp³-hybridized carbons (Fsp3) is 0.300. The standard InChI is InChI=1S/C10H10F2O3/c1-6-4-2-3-5-7(6)8(13)10(11,12)9(14)15/h2-5,8,13H,1H3,(H,14,15)/t8-/m0/s1. The molecule has 0 aliphatic heterocycles. The van der Waals surface area contributed by atoms with Crippen molar-refractivity contribution in [2.45, 2.75) is 19.0 Å². The van der Waals surface area contributed by atoms with Crippen LogP contribution in [0.1, 0.15) is 17.2 Å². The minimum atomic E-state index is -4.17. The summed E-state index contributed by atoms with van der Waals surface area (Å²) in [5.41, 5.74) is 0.343. The van der Waals surface area contributed by atoms with Crippen LogP contribution in [0.5, 0.6) is 0 Å². The van der Waals surface area contributed by atoms with Crippen LogP contribution in [0.3, 0.4) is 0 Å². The van der Waals surface area contributed by atoms with Crippen molar-refractivity contribution >= 4 is 5.97 Å². The van der Waals surface area contributed by atoms with E-state index in [0.717, 1.165) is 0 Å². The number of aliphatic hydroxyl groups is 1. The number of halogens is 2. The molecule has 0 bridgehead atoms. The topological polar surface area (TPSA) is 57.5 Å². The van der Waals surface area contributed by atoms with Gasteiger partial charge in [0, 0.05) is 0 Å². The van der Waals surface area contributed by atoms with Gasteiger partial charge in [-0.25, -0.2) is 4.79 Å². The van der Waals surface area contributed by atoms with Crippen LogP contribution in [0.4, 0.5) is 8.78 Å². The Bertz CT molecular complexity index is 377. The van der Waals surface area contributed by atoms with Crippen LogP contribution < -0.4 is 0 Å². The molecule has 1 aromatic carbocycles. The molecular weight excluding hydrogens is 206 g/mol. The lowest BCUT2D eigenvalue weighted by molar-refractivity contribution is -0.182. The second-order valence-corrected chi connectivity index (χ2v) is 3.19. The molecule has 0 aliphatic carbocycles. The van der Waals surface area contributed by atoms with Gasteiger partial charge in [-0.1, -0.05) is 24.3 Å². The number of rotatable bonds is 3. The van der Waals surface area contributed by atoms with E-state index in [0.29, 0.717) is 5.56 Å². The second-order valence-electron chi connectivity index (χ2n) is 3.19. The highest BCUT2D eigenvalue weighted by molar-refractivity contribution is 5.76. The molecule has 15 heavy (non-hydrogen) atoms. The number of carboxylic acids is 1. The predicted octanol–water partition coefficient (Wildman–Crippen LogP) is 1.75. The van der Waals surface area contributed by atoms with Gasteiger partial charge < -0.3 is 10.2 Å². The zero-order valence-electron chi connectivity index (χ0n) is 7.95. The first kappa shape index (κ1) is 11.6. The fourth-order valence-corrected chi connectivity index (χ4v) is 1.21. The van der Waals surface area contributed by atoms with Crippen molar-refractivity contribution in [1.82, 2.24) is 0 Å². The fourth-order valence-electron chi connectivity index (χ4n) is 1.21. The van der Waals surface area contributed by atoms with Crippen LogP contribution in [-0.4, -0.2) is 22.1 Å². The van der Waals surface area contributed by atoms with Crippen LogP contribution in [0, 0.1) is 6.92 Å². The molecule has 0 fully saturated rings. The number of hydrogen-bond donors (Lipinski definition) is 2. The maximum atomic E-state index is 13.0. The number of benzene rings is 1. The molecule has 0 aliphatic rings. The van der Waals surface area contributed by atoms with Gasteiger partial charge in [0.1, 0.15) is 0 Å². The minimum Gasteiger partial charge on any atom is -0.477 e. The minimum absolute atomic E-state index is 0.0788. The van der Waals surface area contributed by atoms with Crippen LogP contribution in [-0.2, 0) is 4.79 Å². The predicted molar refractivity (Wildman–Crippen MR) is 48.7 cm³/mol. The Morgan fingerprint density at radius 2 is 1.93 bits per heavy atom. The summed E-state index contributed by atoms with van der Waals surface area (Å²) >= 11 is 0. The van der Waals surface area contributed by atoms with E-state index in [2.05, 4.69) is 0 Å². The highest BCUT2D eigenvalue weighted by atomic mass is 19.3. The number of aryl methyl sites for hydroxylation is 1. The van der Waals surface area contributed by atoms with Crippen molar-refractivity contribution in [3.05, 3.63) is 35.4 Å². The first-order valence-corrected chi connectivity index (χ1v) is 4.22. The van der Waals surface area contributed by atoms with E-state index in [1.165, 1.54) is 25.1 Å². The van der Waals surface area contributed by atoms with Crippen molar-refractivity contribution in [1.29, 1.82) is 0 Å². The van der Waals surface area contributed by atoms with Gasteiger partial charge in [0.15, 0.2) is 6.10 Å². The summed E-state index contributed by atoms with van der Waals surface area (Å²) < 4.78 is 25.9. The highest BCUT2D eigenvalue weighted by Gasteiger charge is 2.48. The monoisotopic (exact) mass is 216 g/mol. The molecule has 1 aromatic rings. The summed E-state index contributed by atoms with van der Waals surface area (Å²) in [5, 5.41) is 17.5. The van der Waals surface area contributed by atoms with Gasteiger partial charge in [-0.05, 0) is 18.1 Å². The quantitative estimate of drug-likeness (QED) is 0.809. The van der Waals surface area contributed by atoms with Crippen molar-refractivity contribution in [2.24, 2.45) is 0 Å². The maximum absolute atomic E-state index is 13.0. The van der Waals surface area contributed by atoms with E-state index in [4.69, 9.17) is 5.11 Å². The molecule has 3 nitrogen and oxygen atoms in total. The number of alkyl halides is 2. The Morgan fingerprint density at radius 3 is 2.40 bits per heavy atom. The summed E-state index contributed by atoms with van der Waals surface area (Å²) in [7, 11) is 0. The largest absolute Gasteiger partial charge is 0.477 e. The Labute approximate surface area is 85.0 Å². The van der Waals surface area contributed by atoms with Crippen LogP contribution >= 0.6 is 0 Å². The SMILES string of the molecule is Cc1ccccc1[C@H](O)C(F)(F)C(=O)O. The molecule has 5 heteroatoms. The van der Waals surface area contributed by atoms with Gasteiger partial charge >= 0.3 is 11.9 Å². The van der Waals surface area contributed by atoms with Crippen molar-refractivity contribution in [2.75, 3.05) is 0 Å². The number of aliphatic carboxylic acids is 1. The zero-order chi connectivity index (χ0) is 11.6. The van der Waals surface area contributed by atoms with E-state index < -0.39 is 18.0 Å². The number of hydrogen-bond acceptors (Lipinski definition) is 2. The van der Waals surface area contributed by atoms with Gasteiger partial charge in [0.05, 0.1) is 0 Å². The first-order valence-electron chi connectivity index (χ1n) is 4.22. The first-order chi connectivity index (χ1) is 6.87. The normalized spacial score (nSPS) is 13.6. The van der Waals surface area contributed by atoms with E-state index in [1.54, 1.807) is 6.07 Å². The van der Waals surface area contributed by atoms with Crippen LogP contribution in [0.2, 0.25) is 0 Å². The van der Waals surface area contributed by atoms with E-state index in [-0.39, 0.29) is 5.56 Å². The third kappa shape index (κ3) is 2.12. The van der Waals surface area contributed by atoms with Crippen LogP contribution in [0.15, 0.2) is 24.3 Å². The molecule has 0 aromatic heterocycles. The highest BCUT2D eigenvalue weighted by Crippen LogP contribution is 2.32. The smallest absolute Gasteiger partial charge is 0.377 e. The van der Waals surface area contributed by atoms with E-state index >= 15 is 0 Å². The molecule has 2 N–H and O–H groups in total. The molecule has 0 heterocycles. The Balaban J connectivity index is 3.10. The second kappa shape index (κ2) is 3.94. The third-order valence-corrected chi connectivity index (χ3v) is 2.11. The van der Waals surface area contributed by atoms with Gasteiger partial charge in [0.2, 0.25) is 0 Å². The number of carboxylic acid groups (broad SMARTS) is 1. The van der Waals surface area contributed by atoms with Crippen molar-refractivity contribution in [3.8, 4) is 0 Å². The molecular formula is C10H10F2O3. The lowest BCUT2D eigenvalue weighted by Crippen LogP contribution is -2.35. The molecule has 0 unspecified atom stereocenters. The summed E-state index contributed by atoms with van der Waals surface area (Å²) in [4.78, 5) is 10.2. The molecule has 1 rings (SSSR count). The lowest BCUT2D eigenvalue weighted by atomic mass is 9.99. The summed E-state index contributed by atoms with van der Waals surface area (Å²) in [6, 6.07) is 5.88. The summed E-state index contributed by atoms with van der Waals surface area (Å²) in [6.45, 7) is 1.52. The van der Waals surface area contributed by atoms with E-state index in [9.17, 15) is 18.7 Å². The molecule has 0 saturated carbocycles. The van der Waals surface area contributed by atoms with Gasteiger partial charge in [0.25, 0.3) is 0 Å². The average Bonchev–Trinajstić information content (AvgIpc) is 2.17. The molecule has 0 amide bonds. The van der Waals surface area contributed by atoms with Crippen LogP contribution in [0.25, 0.3) is 0 Å². The summed E-state index contributed by atoms with van der Waals surface area (Å²) in [5.74, 6) is -6.51. The molecule has 0 radical (unpaired) electrons. The maximum Gasteiger partial charge on any atom is 0.377 e. The zero-order valence-corrected chi connectivity index (χ0v) is 7.95. The molecule has 1 atom stereocenters. The van der Waals surface area contributed by atoms with Gasteiger partial charge in [-0.2, -0.15) is 8.78 Å². The third-order valence-electron chi connectivity index (χ3n) is 2.11. The van der Waals surface area contributed by atoms with Crippen molar-refractivity contribution in [3.63, 3.8) is 0 Å². The lowest BCUT2D eigenvalue weighted by Gasteiger charge is -2.19.